The summed E-state index contributed by atoms with van der Waals surface area (Å²) in [4.78, 5) is 69.6. The summed E-state index contributed by atoms with van der Waals surface area (Å²) in [6.45, 7) is 10.4. The molecule has 0 N–H and O–H groups in total. The molecule has 0 radical (unpaired) electrons. The Morgan fingerprint density at radius 3 is 0.730 bits per heavy atom. The molecule has 0 unspecified atom stereocenters. The summed E-state index contributed by atoms with van der Waals surface area (Å²) in [7, 11) is 0. The third kappa shape index (κ3) is 18.6. The molecule has 0 spiro atoms. The second-order valence-electron chi connectivity index (χ2n) is 20.9. The van der Waals surface area contributed by atoms with Gasteiger partial charge in [0.1, 0.15) is 23.0 Å². The minimum Gasteiger partial charge on any atom is -0.657 e. The predicted molar refractivity (Wildman–Crippen MR) is 342 cm³/mol. The van der Waals surface area contributed by atoms with E-state index in [-0.39, 0.29) is 44.3 Å². The van der Waals surface area contributed by atoms with Gasteiger partial charge in [-0.15, -0.1) is 22.1 Å². The molecule has 0 aliphatic carbocycles. The van der Waals surface area contributed by atoms with Crippen LogP contribution in [0.25, 0.3) is 90.9 Å². The van der Waals surface area contributed by atoms with Crippen LogP contribution in [0.1, 0.15) is 128 Å². The van der Waals surface area contributed by atoms with Gasteiger partial charge in [-0.05, 0) is 196 Å². The summed E-state index contributed by atoms with van der Waals surface area (Å²) in [5.74, 6) is 1.94. The second-order valence-corrected chi connectivity index (χ2v) is 20.9. The van der Waals surface area contributed by atoms with Crippen LogP contribution in [0.3, 0.4) is 0 Å². The van der Waals surface area contributed by atoms with Gasteiger partial charge in [0.05, 0.1) is 75.6 Å². The van der Waals surface area contributed by atoms with E-state index < -0.39 is 0 Å². The number of ether oxygens (including phenoxy) is 8. The zero-order chi connectivity index (χ0) is 61.5. The molecular weight excluding hydrogens is 1220 g/mol. The quantitative estimate of drug-likeness (QED) is 0.0167. The largest absolute Gasteiger partial charge is 2.00 e. The van der Waals surface area contributed by atoms with Gasteiger partial charge in [-0.25, -0.2) is 9.97 Å². The summed E-state index contributed by atoms with van der Waals surface area (Å²) in [5, 5.41) is 0. The molecular formula is C72H76N4O12Pd. The van der Waals surface area contributed by atoms with Gasteiger partial charge in [0.15, 0.2) is 0 Å². The fourth-order valence-corrected chi connectivity index (χ4v) is 10.3. The van der Waals surface area contributed by atoms with Crippen LogP contribution in [-0.4, -0.2) is 86.7 Å². The van der Waals surface area contributed by atoms with Gasteiger partial charge >= 0.3 is 44.3 Å². The van der Waals surface area contributed by atoms with Crippen molar-refractivity contribution in [3.63, 3.8) is 0 Å². The molecule has 0 saturated heterocycles. The number of hydrogen-bond acceptors (Lipinski definition) is 14. The fraction of sp³-hybridized carbons (Fsp3) is 0.333. The molecule has 9 rings (SSSR count). The van der Waals surface area contributed by atoms with Crippen molar-refractivity contribution in [2.75, 3.05) is 52.9 Å². The summed E-state index contributed by atoms with van der Waals surface area (Å²) >= 11 is 0. The first-order valence-electron chi connectivity index (χ1n) is 30.7. The van der Waals surface area contributed by atoms with E-state index in [1.54, 1.807) is 27.7 Å². The van der Waals surface area contributed by atoms with E-state index in [4.69, 9.17) is 57.8 Å². The predicted octanol–water partition coefficient (Wildman–Crippen LogP) is 15.0. The molecule has 0 amide bonds. The van der Waals surface area contributed by atoms with Crippen molar-refractivity contribution in [2.45, 2.75) is 105 Å². The minimum atomic E-state index is -0.206. The van der Waals surface area contributed by atoms with E-state index in [0.29, 0.717) is 198 Å². The van der Waals surface area contributed by atoms with Gasteiger partial charge < -0.3 is 47.9 Å². The van der Waals surface area contributed by atoms with Crippen molar-refractivity contribution < 1.29 is 77.5 Å². The molecule has 4 aromatic carbocycles. The molecule has 5 heterocycles. The van der Waals surface area contributed by atoms with Crippen molar-refractivity contribution in [1.29, 1.82) is 0 Å². The average Bonchev–Trinajstić information content (AvgIpc) is 1.98. The fourth-order valence-electron chi connectivity index (χ4n) is 10.3. The molecule has 0 saturated carbocycles. The van der Waals surface area contributed by atoms with Crippen LogP contribution in [0.5, 0.6) is 23.0 Å². The number of fused-ring (bicyclic) bond motifs is 8. The van der Waals surface area contributed by atoms with E-state index in [2.05, 4.69) is 0 Å². The van der Waals surface area contributed by atoms with Crippen molar-refractivity contribution in [1.82, 2.24) is 19.9 Å². The number of unbranched alkanes of at least 4 members (excludes halogenated alkanes) is 4. The Morgan fingerprint density at radius 2 is 0.528 bits per heavy atom. The monoisotopic (exact) mass is 1290 g/mol. The molecule has 17 heteroatoms. The van der Waals surface area contributed by atoms with Crippen LogP contribution in [0.15, 0.2) is 121 Å². The number of nitrogens with zero attached hydrogens (tertiary/aromatic N) is 4. The molecule has 0 atom stereocenters. The Balaban J connectivity index is 0.0000102. The number of carbonyl (C=O) groups excluding carboxylic acids is 4. The van der Waals surface area contributed by atoms with Gasteiger partial charge in [-0.1, -0.05) is 72.8 Å². The normalized spacial score (nSPS) is 11.4. The third-order valence-corrected chi connectivity index (χ3v) is 14.6. The first-order valence-corrected chi connectivity index (χ1v) is 30.7. The standard InChI is InChI=1S/C72H76N4O12.Pd/c1-5-81-65(77)17-9-13-45-85-53-29-21-49(22-30-53)69-57-37-39-59(73-57)70(50-23-31-54(32-24-50)86-46-14-10-18-66(78)82-6-2)61-41-43-63(75-61)72(52-27-35-56(36-28-52)88-48-16-12-20-68(80)84-8-4)64-44-42-62(76-64)71(60-40-38-58(69)74-60)51-25-33-55(34-26-51)87-47-15-11-19-67(79)83-7-3;/h21-44H,5-20,45-48H2,1-4H3;/q-2;+2. The van der Waals surface area contributed by atoms with Crippen molar-refractivity contribution in [2.24, 2.45) is 0 Å². The first-order chi connectivity index (χ1) is 43.1. The molecule has 7 aromatic rings. The molecule has 8 bridgehead atoms. The molecule has 466 valence electrons. The SMILES string of the molecule is CCOC(=O)CCCCOc1ccc(-c2c3nc(c(-c4ccc(OCCCCC(=O)OCC)cc4)c4ccc([n-]4)c(-c4ccc(OCCCCC(=O)OCC)cc4)c4nc(c(-c5ccc(OCCCCC(=O)OCC)cc5)c5ccc2[n-]5)C=C4)C=C3)cc1.[Pd+2]. The Bertz CT molecular complexity index is 3250. The van der Waals surface area contributed by atoms with Gasteiger partial charge in [0.25, 0.3) is 0 Å². The van der Waals surface area contributed by atoms with Crippen molar-refractivity contribution >= 4 is 70.2 Å². The van der Waals surface area contributed by atoms with E-state index in [1.165, 1.54) is 0 Å². The summed E-state index contributed by atoms with van der Waals surface area (Å²) in [5.41, 5.74) is 12.2. The van der Waals surface area contributed by atoms with E-state index in [9.17, 15) is 19.2 Å². The maximum atomic E-state index is 11.9. The molecule has 2 aliphatic rings. The van der Waals surface area contributed by atoms with Crippen LogP contribution >= 0.6 is 0 Å². The first kappa shape index (κ1) is 66.2. The zero-order valence-corrected chi connectivity index (χ0v) is 52.6. The van der Waals surface area contributed by atoms with Crippen molar-refractivity contribution in [3.8, 4) is 67.5 Å². The van der Waals surface area contributed by atoms with Gasteiger partial charge in [0, 0.05) is 25.7 Å². The number of benzene rings is 4. The van der Waals surface area contributed by atoms with E-state index >= 15 is 0 Å². The minimum absolute atomic E-state index is 0. The Hall–Kier alpha value is -8.78. The Kier molecular flexibility index (Phi) is 25.4. The molecule has 16 nitrogen and oxygen atoms in total. The summed E-state index contributed by atoms with van der Waals surface area (Å²) < 4.78 is 45.1. The summed E-state index contributed by atoms with van der Waals surface area (Å²) in [6.07, 6.45) is 14.9. The number of aromatic nitrogens is 4. The molecule has 3 aromatic heterocycles. The van der Waals surface area contributed by atoms with Crippen LogP contribution < -0.4 is 28.9 Å². The maximum absolute atomic E-state index is 11.9. The number of hydrogen-bond donors (Lipinski definition) is 0. The van der Waals surface area contributed by atoms with Crippen LogP contribution in [0.2, 0.25) is 0 Å². The van der Waals surface area contributed by atoms with Crippen molar-refractivity contribution in [3.05, 3.63) is 144 Å². The number of esters is 4. The summed E-state index contributed by atoms with van der Waals surface area (Å²) in [6, 6.07) is 39.8. The maximum Gasteiger partial charge on any atom is 2.00 e. The average molecular weight is 1300 g/mol. The zero-order valence-electron chi connectivity index (χ0n) is 51.0. The van der Waals surface area contributed by atoms with Gasteiger partial charge in [-0.3, -0.25) is 19.2 Å². The Morgan fingerprint density at radius 1 is 0.315 bits per heavy atom. The number of carbonyl (C=O) groups is 4. The molecule has 2 aliphatic heterocycles. The van der Waals surface area contributed by atoms with E-state index in [0.717, 1.165) is 44.5 Å². The Labute approximate surface area is 534 Å². The van der Waals surface area contributed by atoms with Gasteiger partial charge in [0.2, 0.25) is 0 Å². The topological polar surface area (TPSA) is 196 Å². The second kappa shape index (κ2) is 34.1. The van der Waals surface area contributed by atoms with E-state index in [1.807, 2.05) is 146 Å². The third-order valence-electron chi connectivity index (χ3n) is 14.6. The van der Waals surface area contributed by atoms with Crippen LogP contribution in [0, 0.1) is 0 Å². The van der Waals surface area contributed by atoms with Crippen LogP contribution in [-0.2, 0) is 58.5 Å². The number of rotatable bonds is 32. The smallest absolute Gasteiger partial charge is 0.657 e. The molecule has 0 fully saturated rings. The molecule has 89 heavy (non-hydrogen) atoms. The van der Waals surface area contributed by atoms with Gasteiger partial charge in [-0.2, -0.15) is 0 Å². The van der Waals surface area contributed by atoms with Crippen LogP contribution in [0.4, 0.5) is 0 Å².